The lowest BCUT2D eigenvalue weighted by Gasteiger charge is -2.33. The molecule has 1 aliphatic rings. The molecule has 1 rings (SSSR count). The summed E-state index contributed by atoms with van der Waals surface area (Å²) in [6.45, 7) is 1.95. The third-order valence-electron chi connectivity index (χ3n) is 1.92. The Morgan fingerprint density at radius 3 is 3.08 bits per heavy atom. The van der Waals surface area contributed by atoms with E-state index in [9.17, 15) is 4.79 Å². The number of nitrogens with two attached hydrogens (primary N) is 1. The summed E-state index contributed by atoms with van der Waals surface area (Å²) in [7, 11) is 0. The molecule has 0 aromatic heterocycles. The van der Waals surface area contributed by atoms with Crippen LogP contribution in [-0.4, -0.2) is 54.9 Å². The molecule has 0 aromatic rings. The van der Waals surface area contributed by atoms with Gasteiger partial charge in [0.25, 0.3) is 0 Å². The quantitative estimate of drug-likeness (QED) is 0.527. The second-order valence-electron chi connectivity index (χ2n) is 2.85. The first kappa shape index (κ1) is 9.44. The normalized spacial score (nSPS) is 25.6. The monoisotopic (exact) mass is 174 g/mol. The molecule has 1 atom stereocenters. The highest BCUT2D eigenvalue weighted by atomic mass is 16.5. The smallest absolute Gasteiger partial charge is 0.231 e. The molecule has 12 heavy (non-hydrogen) atoms. The molecule has 1 amide bonds. The summed E-state index contributed by atoms with van der Waals surface area (Å²) in [5.74, 6) is -0.365. The maximum absolute atomic E-state index is 10.6. The average molecular weight is 174 g/mol. The zero-order valence-electron chi connectivity index (χ0n) is 6.90. The number of aliphatic hydroxyl groups is 1. The minimum Gasteiger partial charge on any atom is -0.395 e. The van der Waals surface area contributed by atoms with Crippen LogP contribution in [0.25, 0.3) is 0 Å². The van der Waals surface area contributed by atoms with Crippen LogP contribution in [0.5, 0.6) is 0 Å². The SMILES string of the molecule is NC(=O)CN1CCOCC1CO. The van der Waals surface area contributed by atoms with Gasteiger partial charge in [0.05, 0.1) is 32.4 Å². The summed E-state index contributed by atoms with van der Waals surface area (Å²) in [5.41, 5.74) is 5.04. The van der Waals surface area contributed by atoms with E-state index in [2.05, 4.69) is 0 Å². The number of carbonyl (C=O) groups excluding carboxylic acids is 1. The van der Waals surface area contributed by atoms with Crippen molar-refractivity contribution in [2.45, 2.75) is 6.04 Å². The van der Waals surface area contributed by atoms with Gasteiger partial charge in [-0.2, -0.15) is 0 Å². The van der Waals surface area contributed by atoms with Crippen LogP contribution < -0.4 is 5.73 Å². The molecule has 0 bridgehead atoms. The maximum Gasteiger partial charge on any atom is 0.231 e. The lowest BCUT2D eigenvalue weighted by Crippen LogP contribution is -2.50. The van der Waals surface area contributed by atoms with E-state index in [0.29, 0.717) is 19.8 Å². The van der Waals surface area contributed by atoms with Gasteiger partial charge < -0.3 is 15.6 Å². The van der Waals surface area contributed by atoms with E-state index in [1.807, 2.05) is 4.90 Å². The number of primary amides is 1. The lowest BCUT2D eigenvalue weighted by atomic mass is 10.2. The van der Waals surface area contributed by atoms with Crippen LogP contribution in [0.1, 0.15) is 0 Å². The van der Waals surface area contributed by atoms with Crippen molar-refractivity contribution < 1.29 is 14.6 Å². The van der Waals surface area contributed by atoms with Crippen molar-refractivity contribution in [1.29, 1.82) is 0 Å². The van der Waals surface area contributed by atoms with E-state index in [0.717, 1.165) is 0 Å². The molecule has 1 fully saturated rings. The second-order valence-corrected chi connectivity index (χ2v) is 2.85. The Morgan fingerprint density at radius 2 is 2.50 bits per heavy atom. The molecule has 70 valence electrons. The molecule has 1 unspecified atom stereocenters. The minimum absolute atomic E-state index is 0.00722. The Labute approximate surface area is 71.1 Å². The number of carbonyl (C=O) groups is 1. The van der Waals surface area contributed by atoms with Crippen LogP contribution in [0.2, 0.25) is 0 Å². The molecule has 0 aliphatic carbocycles. The fourth-order valence-corrected chi connectivity index (χ4v) is 1.27. The van der Waals surface area contributed by atoms with Gasteiger partial charge in [-0.15, -0.1) is 0 Å². The van der Waals surface area contributed by atoms with E-state index in [1.54, 1.807) is 0 Å². The van der Waals surface area contributed by atoms with Gasteiger partial charge >= 0.3 is 0 Å². The molecule has 5 heteroatoms. The number of amides is 1. The van der Waals surface area contributed by atoms with Crippen molar-refractivity contribution in [1.82, 2.24) is 4.90 Å². The first-order chi connectivity index (χ1) is 5.74. The standard InChI is InChI=1S/C7H14N2O3/c8-7(11)3-9-1-2-12-5-6(9)4-10/h6,10H,1-5H2,(H2,8,11). The first-order valence-electron chi connectivity index (χ1n) is 3.95. The topological polar surface area (TPSA) is 75.8 Å². The fraction of sp³-hybridized carbons (Fsp3) is 0.857. The van der Waals surface area contributed by atoms with E-state index in [1.165, 1.54) is 0 Å². The molecule has 1 saturated heterocycles. The van der Waals surface area contributed by atoms with Crippen LogP contribution in [0, 0.1) is 0 Å². The average Bonchev–Trinajstić information content (AvgIpc) is 2.04. The highest BCUT2D eigenvalue weighted by Crippen LogP contribution is 2.04. The third kappa shape index (κ3) is 2.44. The molecular weight excluding hydrogens is 160 g/mol. The molecule has 1 heterocycles. The Balaban J connectivity index is 2.41. The summed E-state index contributed by atoms with van der Waals surface area (Å²) in [6.07, 6.45) is 0. The third-order valence-corrected chi connectivity index (χ3v) is 1.92. The number of rotatable bonds is 3. The number of ether oxygens (including phenoxy) is 1. The van der Waals surface area contributed by atoms with Crippen LogP contribution in [0.15, 0.2) is 0 Å². The summed E-state index contributed by atoms with van der Waals surface area (Å²) in [4.78, 5) is 12.4. The summed E-state index contributed by atoms with van der Waals surface area (Å²) >= 11 is 0. The summed E-state index contributed by atoms with van der Waals surface area (Å²) in [5, 5.41) is 8.90. The van der Waals surface area contributed by atoms with Gasteiger partial charge in [-0.3, -0.25) is 9.69 Å². The first-order valence-corrected chi connectivity index (χ1v) is 3.95. The molecular formula is C7H14N2O3. The molecule has 1 aliphatic heterocycles. The largest absolute Gasteiger partial charge is 0.395 e. The van der Waals surface area contributed by atoms with Crippen LogP contribution in [0.3, 0.4) is 0 Å². The fourth-order valence-electron chi connectivity index (χ4n) is 1.27. The van der Waals surface area contributed by atoms with Crippen molar-refractivity contribution >= 4 is 5.91 Å². The van der Waals surface area contributed by atoms with Crippen molar-refractivity contribution in [2.24, 2.45) is 5.73 Å². The molecule has 0 aromatic carbocycles. The number of hydrogen-bond donors (Lipinski definition) is 2. The Hall–Kier alpha value is -0.650. The Bertz CT molecular complexity index is 163. The molecule has 0 saturated carbocycles. The molecule has 3 N–H and O–H groups in total. The number of morpholine rings is 1. The van der Waals surface area contributed by atoms with E-state index in [4.69, 9.17) is 15.6 Å². The van der Waals surface area contributed by atoms with Crippen molar-refractivity contribution in [2.75, 3.05) is 32.9 Å². The van der Waals surface area contributed by atoms with Crippen molar-refractivity contribution in [3.63, 3.8) is 0 Å². The number of hydrogen-bond acceptors (Lipinski definition) is 4. The van der Waals surface area contributed by atoms with Crippen LogP contribution in [-0.2, 0) is 9.53 Å². The zero-order valence-corrected chi connectivity index (χ0v) is 6.90. The van der Waals surface area contributed by atoms with Gasteiger partial charge in [0.1, 0.15) is 0 Å². The highest BCUT2D eigenvalue weighted by molar-refractivity contribution is 5.75. The van der Waals surface area contributed by atoms with Crippen molar-refractivity contribution in [3.05, 3.63) is 0 Å². The molecule has 0 radical (unpaired) electrons. The number of nitrogens with zero attached hydrogens (tertiary/aromatic N) is 1. The predicted octanol–water partition coefficient (Wildman–Crippen LogP) is -1.84. The predicted molar refractivity (Wildman–Crippen MR) is 42.5 cm³/mol. The molecule has 5 nitrogen and oxygen atoms in total. The van der Waals surface area contributed by atoms with Gasteiger partial charge in [0.2, 0.25) is 5.91 Å². The maximum atomic E-state index is 10.6. The summed E-state index contributed by atoms with van der Waals surface area (Å²) in [6, 6.07) is -0.0775. The van der Waals surface area contributed by atoms with Gasteiger partial charge in [0, 0.05) is 6.54 Å². The molecule has 0 spiro atoms. The van der Waals surface area contributed by atoms with Crippen LogP contribution in [0.4, 0.5) is 0 Å². The lowest BCUT2D eigenvalue weighted by molar-refractivity contribution is -0.122. The van der Waals surface area contributed by atoms with Crippen molar-refractivity contribution in [3.8, 4) is 0 Å². The summed E-state index contributed by atoms with van der Waals surface area (Å²) < 4.78 is 5.13. The van der Waals surface area contributed by atoms with E-state index < -0.39 is 0 Å². The highest BCUT2D eigenvalue weighted by Gasteiger charge is 2.22. The number of aliphatic hydroxyl groups excluding tert-OH is 1. The Morgan fingerprint density at radius 1 is 1.75 bits per heavy atom. The van der Waals surface area contributed by atoms with Crippen LogP contribution >= 0.6 is 0 Å². The minimum atomic E-state index is -0.365. The Kier molecular flexibility index (Phi) is 3.46. The zero-order chi connectivity index (χ0) is 8.97. The van der Waals surface area contributed by atoms with E-state index in [-0.39, 0.29) is 25.1 Å². The van der Waals surface area contributed by atoms with Gasteiger partial charge in [-0.05, 0) is 0 Å². The van der Waals surface area contributed by atoms with Gasteiger partial charge in [-0.25, -0.2) is 0 Å². The second kappa shape index (κ2) is 4.39. The van der Waals surface area contributed by atoms with Gasteiger partial charge in [-0.1, -0.05) is 0 Å². The van der Waals surface area contributed by atoms with E-state index >= 15 is 0 Å². The van der Waals surface area contributed by atoms with Gasteiger partial charge in [0.15, 0.2) is 0 Å².